The van der Waals surface area contributed by atoms with E-state index in [4.69, 9.17) is 4.74 Å². The first-order valence-electron chi connectivity index (χ1n) is 8.21. The Morgan fingerprint density at radius 1 is 1.22 bits per heavy atom. The minimum absolute atomic E-state index is 0.0125. The predicted octanol–water partition coefficient (Wildman–Crippen LogP) is 3.85. The lowest BCUT2D eigenvalue weighted by Crippen LogP contribution is -2.14. The maximum atomic E-state index is 12.6. The molecule has 0 radical (unpaired) electrons. The number of aryl methyl sites for hydroxylation is 2. The number of rotatable bonds is 3. The molecule has 2 heterocycles. The van der Waals surface area contributed by atoms with E-state index in [-0.39, 0.29) is 23.6 Å². The van der Waals surface area contributed by atoms with Crippen molar-refractivity contribution < 1.29 is 22.7 Å². The van der Waals surface area contributed by atoms with Crippen molar-refractivity contribution in [3.8, 4) is 0 Å². The maximum Gasteiger partial charge on any atom is 0.416 e. The fourth-order valence-corrected chi connectivity index (χ4v) is 4.41. The SMILES string of the molecule is O=C(OCc1nc2sc3c(c2c(=O)[nH]1)CCC3)c1ccc(C(F)(F)F)cc1. The van der Waals surface area contributed by atoms with Crippen LogP contribution in [-0.4, -0.2) is 15.9 Å². The Morgan fingerprint density at radius 2 is 1.96 bits per heavy atom. The van der Waals surface area contributed by atoms with Crippen LogP contribution in [0.25, 0.3) is 10.2 Å². The van der Waals surface area contributed by atoms with E-state index in [1.165, 1.54) is 16.2 Å². The molecule has 0 spiro atoms. The van der Waals surface area contributed by atoms with Gasteiger partial charge in [-0.15, -0.1) is 11.3 Å². The van der Waals surface area contributed by atoms with Crippen LogP contribution in [0.1, 0.15) is 38.6 Å². The average Bonchev–Trinajstić information content (AvgIpc) is 3.19. The summed E-state index contributed by atoms with van der Waals surface area (Å²) in [7, 11) is 0. The van der Waals surface area contributed by atoms with Crippen LogP contribution in [0.15, 0.2) is 29.1 Å². The average molecular weight is 394 g/mol. The third kappa shape index (κ3) is 3.34. The lowest BCUT2D eigenvalue weighted by atomic mass is 10.1. The molecule has 0 bridgehead atoms. The summed E-state index contributed by atoms with van der Waals surface area (Å²) in [5.41, 5.74) is -0.0696. The summed E-state index contributed by atoms with van der Waals surface area (Å²) in [6, 6.07) is 3.73. The lowest BCUT2D eigenvalue weighted by Gasteiger charge is -2.08. The molecule has 0 atom stereocenters. The number of carbonyl (C=O) groups is 1. The van der Waals surface area contributed by atoms with Gasteiger partial charge in [-0.1, -0.05) is 0 Å². The Labute approximate surface area is 154 Å². The van der Waals surface area contributed by atoms with Crippen molar-refractivity contribution in [2.24, 2.45) is 0 Å². The number of esters is 1. The summed E-state index contributed by atoms with van der Waals surface area (Å²) < 4.78 is 42.7. The van der Waals surface area contributed by atoms with Crippen molar-refractivity contribution in [3.63, 3.8) is 0 Å². The molecule has 140 valence electrons. The molecule has 0 fully saturated rings. The van der Waals surface area contributed by atoms with Gasteiger partial charge in [0, 0.05) is 4.88 Å². The van der Waals surface area contributed by atoms with Gasteiger partial charge in [-0.3, -0.25) is 4.79 Å². The van der Waals surface area contributed by atoms with Crippen molar-refractivity contribution in [3.05, 3.63) is 62.0 Å². The van der Waals surface area contributed by atoms with Gasteiger partial charge in [-0.05, 0) is 49.1 Å². The van der Waals surface area contributed by atoms with Crippen molar-refractivity contribution in [2.75, 3.05) is 0 Å². The Morgan fingerprint density at radius 3 is 2.67 bits per heavy atom. The number of fused-ring (bicyclic) bond motifs is 3. The molecule has 0 saturated heterocycles. The lowest BCUT2D eigenvalue weighted by molar-refractivity contribution is -0.137. The van der Waals surface area contributed by atoms with Crippen LogP contribution in [-0.2, 0) is 30.4 Å². The Hall–Kier alpha value is -2.68. The normalized spacial score (nSPS) is 13.7. The van der Waals surface area contributed by atoms with Gasteiger partial charge in [0.2, 0.25) is 0 Å². The van der Waals surface area contributed by atoms with Crippen LogP contribution in [0.4, 0.5) is 13.2 Å². The monoisotopic (exact) mass is 394 g/mol. The van der Waals surface area contributed by atoms with Crippen molar-refractivity contribution >= 4 is 27.5 Å². The van der Waals surface area contributed by atoms with Crippen molar-refractivity contribution in [1.29, 1.82) is 0 Å². The van der Waals surface area contributed by atoms with E-state index in [2.05, 4.69) is 9.97 Å². The van der Waals surface area contributed by atoms with Gasteiger partial charge in [0.05, 0.1) is 16.5 Å². The van der Waals surface area contributed by atoms with Crippen molar-refractivity contribution in [1.82, 2.24) is 9.97 Å². The van der Waals surface area contributed by atoms with Crippen LogP contribution in [0.2, 0.25) is 0 Å². The first-order valence-corrected chi connectivity index (χ1v) is 9.02. The standard InChI is InChI=1S/C18H13F3N2O3S/c19-18(20,21)10-6-4-9(5-7-10)17(25)26-8-13-22-15(24)14-11-2-1-3-12(11)27-16(14)23-13/h4-7H,1-3,8H2,(H,22,23,24). The van der Waals surface area contributed by atoms with Gasteiger partial charge in [0.15, 0.2) is 0 Å². The molecule has 2 aromatic heterocycles. The number of thiophene rings is 1. The number of nitrogens with one attached hydrogen (secondary N) is 1. The number of ether oxygens (including phenoxy) is 1. The second-order valence-electron chi connectivity index (χ2n) is 6.20. The van der Waals surface area contributed by atoms with Crippen LogP contribution in [0, 0.1) is 0 Å². The molecule has 27 heavy (non-hydrogen) atoms. The number of benzene rings is 1. The van der Waals surface area contributed by atoms with Gasteiger partial charge in [0.25, 0.3) is 5.56 Å². The molecule has 1 N–H and O–H groups in total. The molecule has 0 unspecified atom stereocenters. The van der Waals surface area contributed by atoms with Crippen LogP contribution in [0.5, 0.6) is 0 Å². The molecule has 0 amide bonds. The Bertz CT molecular complexity index is 1080. The number of aromatic nitrogens is 2. The molecule has 0 aliphatic heterocycles. The molecule has 1 aliphatic rings. The highest BCUT2D eigenvalue weighted by molar-refractivity contribution is 7.18. The number of hydrogen-bond acceptors (Lipinski definition) is 5. The molecule has 3 aromatic rings. The van der Waals surface area contributed by atoms with Gasteiger partial charge in [-0.2, -0.15) is 13.2 Å². The van der Waals surface area contributed by atoms with E-state index in [9.17, 15) is 22.8 Å². The summed E-state index contributed by atoms with van der Waals surface area (Å²) in [5.74, 6) is -0.590. The summed E-state index contributed by atoms with van der Waals surface area (Å²) in [6.07, 6.45) is -1.64. The first-order chi connectivity index (χ1) is 12.8. The zero-order valence-corrected chi connectivity index (χ0v) is 14.7. The third-order valence-corrected chi connectivity index (χ3v) is 5.60. The van der Waals surface area contributed by atoms with E-state index in [1.807, 2.05) is 0 Å². The number of aromatic amines is 1. The predicted molar refractivity (Wildman–Crippen MR) is 92.8 cm³/mol. The minimum Gasteiger partial charge on any atom is -0.454 e. The highest BCUT2D eigenvalue weighted by Gasteiger charge is 2.30. The highest BCUT2D eigenvalue weighted by Crippen LogP contribution is 2.34. The quantitative estimate of drug-likeness (QED) is 0.685. The largest absolute Gasteiger partial charge is 0.454 e. The number of alkyl halides is 3. The molecule has 0 saturated carbocycles. The smallest absolute Gasteiger partial charge is 0.416 e. The van der Waals surface area contributed by atoms with Gasteiger partial charge in [-0.25, -0.2) is 9.78 Å². The number of hydrogen-bond donors (Lipinski definition) is 1. The van der Waals surface area contributed by atoms with Gasteiger partial charge >= 0.3 is 12.1 Å². The summed E-state index contributed by atoms with van der Waals surface area (Å²) in [4.78, 5) is 33.1. The number of halogens is 3. The Kier molecular flexibility index (Phi) is 4.26. The molecular weight excluding hydrogens is 381 g/mol. The molecule has 1 aliphatic carbocycles. The van der Waals surface area contributed by atoms with Crippen LogP contribution < -0.4 is 5.56 Å². The third-order valence-electron chi connectivity index (χ3n) is 4.41. The van der Waals surface area contributed by atoms with Gasteiger partial charge in [0.1, 0.15) is 17.3 Å². The first kappa shape index (κ1) is 17.7. The van der Waals surface area contributed by atoms with Crippen molar-refractivity contribution in [2.45, 2.75) is 32.0 Å². The minimum atomic E-state index is -4.47. The van der Waals surface area contributed by atoms with Crippen LogP contribution >= 0.6 is 11.3 Å². The summed E-state index contributed by atoms with van der Waals surface area (Å²) >= 11 is 1.47. The number of carbonyl (C=O) groups excluding carboxylic acids is 1. The highest BCUT2D eigenvalue weighted by atomic mass is 32.1. The number of H-pyrrole nitrogens is 1. The maximum absolute atomic E-state index is 12.6. The second kappa shape index (κ2) is 6.49. The van der Waals surface area contributed by atoms with E-state index < -0.39 is 17.7 Å². The molecule has 1 aromatic carbocycles. The molecule has 4 rings (SSSR count). The van der Waals surface area contributed by atoms with Crippen LogP contribution in [0.3, 0.4) is 0 Å². The van der Waals surface area contributed by atoms with E-state index in [1.54, 1.807) is 0 Å². The summed E-state index contributed by atoms with van der Waals surface area (Å²) in [6.45, 7) is -0.270. The fraction of sp³-hybridized carbons (Fsp3) is 0.278. The van der Waals surface area contributed by atoms with Gasteiger partial charge < -0.3 is 9.72 Å². The summed E-state index contributed by atoms with van der Waals surface area (Å²) in [5, 5.41) is 0.602. The fourth-order valence-electron chi connectivity index (χ4n) is 3.13. The zero-order chi connectivity index (χ0) is 19.2. The zero-order valence-electron chi connectivity index (χ0n) is 13.9. The Balaban J connectivity index is 1.50. The van der Waals surface area contributed by atoms with E-state index in [0.29, 0.717) is 10.2 Å². The topological polar surface area (TPSA) is 72.0 Å². The van der Waals surface area contributed by atoms with E-state index in [0.717, 1.165) is 49.1 Å². The number of nitrogens with zero attached hydrogens (tertiary/aromatic N) is 1. The molecule has 9 heteroatoms. The molecule has 5 nitrogen and oxygen atoms in total. The second-order valence-corrected chi connectivity index (χ2v) is 7.28. The molecular formula is C18H13F3N2O3S. The van der Waals surface area contributed by atoms with E-state index >= 15 is 0 Å².